The first kappa shape index (κ1) is 9.77. The Morgan fingerprint density at radius 3 is 2.94 bits per heavy atom. The number of amides is 1. The van der Waals surface area contributed by atoms with Gasteiger partial charge in [0.05, 0.1) is 0 Å². The highest BCUT2D eigenvalue weighted by Crippen LogP contribution is 2.38. The number of aromatic amines is 1. The Hall–Kier alpha value is -1.43. The van der Waals surface area contributed by atoms with Gasteiger partial charge >= 0.3 is 0 Å². The second-order valence-electron chi connectivity index (χ2n) is 4.61. The monoisotopic (exact) mass is 221 g/mol. The predicted octanol–water partition coefficient (Wildman–Crippen LogP) is -0.00630. The minimum absolute atomic E-state index is 0.0804. The molecule has 1 saturated heterocycles. The van der Waals surface area contributed by atoms with E-state index in [1.165, 1.54) is 12.8 Å². The van der Waals surface area contributed by atoms with Crippen LogP contribution >= 0.6 is 0 Å². The van der Waals surface area contributed by atoms with Gasteiger partial charge in [0, 0.05) is 18.9 Å². The summed E-state index contributed by atoms with van der Waals surface area (Å²) in [6.07, 6.45) is 2.87. The highest BCUT2D eigenvalue weighted by atomic mass is 16.2. The molecule has 3 rings (SSSR count). The van der Waals surface area contributed by atoms with Crippen molar-refractivity contribution in [2.24, 2.45) is 11.7 Å². The molecule has 16 heavy (non-hydrogen) atoms. The summed E-state index contributed by atoms with van der Waals surface area (Å²) in [7, 11) is 0. The largest absolute Gasteiger partial charge is 0.330 e. The number of hydrogen-bond acceptors (Lipinski definition) is 4. The number of H-pyrrole nitrogens is 1. The lowest BCUT2D eigenvalue weighted by molar-refractivity contribution is -0.117. The van der Waals surface area contributed by atoms with E-state index < -0.39 is 0 Å². The molecule has 1 aliphatic heterocycles. The number of nitrogens with two attached hydrogens (primary N) is 1. The van der Waals surface area contributed by atoms with Crippen LogP contribution in [-0.4, -0.2) is 34.2 Å². The molecule has 6 nitrogen and oxygen atoms in total. The van der Waals surface area contributed by atoms with Crippen LogP contribution in [0.25, 0.3) is 0 Å². The lowest BCUT2D eigenvalue weighted by Crippen LogP contribution is -2.26. The van der Waals surface area contributed by atoms with Crippen molar-refractivity contribution < 1.29 is 4.79 Å². The van der Waals surface area contributed by atoms with Crippen LogP contribution in [-0.2, 0) is 4.79 Å². The third-order valence-corrected chi connectivity index (χ3v) is 3.23. The quantitative estimate of drug-likeness (QED) is 0.751. The Kier molecular flexibility index (Phi) is 2.17. The second-order valence-corrected chi connectivity index (χ2v) is 4.61. The summed E-state index contributed by atoms with van der Waals surface area (Å²) in [6.45, 7) is 1.19. The van der Waals surface area contributed by atoms with Crippen molar-refractivity contribution in [2.75, 3.05) is 18.0 Å². The van der Waals surface area contributed by atoms with Crippen LogP contribution in [0.3, 0.4) is 0 Å². The van der Waals surface area contributed by atoms with Crippen molar-refractivity contribution in [1.82, 2.24) is 15.2 Å². The van der Waals surface area contributed by atoms with Crippen molar-refractivity contribution in [3.63, 3.8) is 0 Å². The number of carbonyl (C=O) groups is 1. The van der Waals surface area contributed by atoms with Crippen molar-refractivity contribution in [3.05, 3.63) is 5.82 Å². The Morgan fingerprint density at radius 1 is 1.50 bits per heavy atom. The number of aromatic nitrogens is 3. The molecule has 1 atom stereocenters. The van der Waals surface area contributed by atoms with Crippen molar-refractivity contribution in [1.29, 1.82) is 0 Å². The van der Waals surface area contributed by atoms with Crippen LogP contribution in [0, 0.1) is 5.92 Å². The van der Waals surface area contributed by atoms with Gasteiger partial charge in [0.25, 0.3) is 5.95 Å². The third kappa shape index (κ3) is 1.59. The van der Waals surface area contributed by atoms with Gasteiger partial charge in [0.15, 0.2) is 0 Å². The average molecular weight is 221 g/mol. The number of nitrogens with one attached hydrogen (secondary N) is 1. The molecule has 1 aromatic rings. The molecule has 0 radical (unpaired) electrons. The van der Waals surface area contributed by atoms with Crippen LogP contribution in [0.4, 0.5) is 5.95 Å². The topological polar surface area (TPSA) is 87.9 Å². The fourth-order valence-electron chi connectivity index (χ4n) is 2.06. The van der Waals surface area contributed by atoms with Crippen molar-refractivity contribution >= 4 is 11.9 Å². The molecular formula is C10H15N5O. The van der Waals surface area contributed by atoms with E-state index in [4.69, 9.17) is 5.73 Å². The van der Waals surface area contributed by atoms with Gasteiger partial charge in [-0.1, -0.05) is 0 Å². The predicted molar refractivity (Wildman–Crippen MR) is 57.9 cm³/mol. The lowest BCUT2D eigenvalue weighted by atomic mass is 10.1. The molecule has 6 heteroatoms. The molecule has 1 saturated carbocycles. The zero-order valence-electron chi connectivity index (χ0n) is 9.02. The van der Waals surface area contributed by atoms with Gasteiger partial charge in [-0.2, -0.15) is 4.98 Å². The number of carbonyl (C=O) groups excluding carboxylic acids is 1. The third-order valence-electron chi connectivity index (χ3n) is 3.23. The number of anilines is 1. The molecule has 2 aliphatic rings. The van der Waals surface area contributed by atoms with Crippen LogP contribution in [0.5, 0.6) is 0 Å². The van der Waals surface area contributed by atoms with E-state index in [1.54, 1.807) is 4.90 Å². The summed E-state index contributed by atoms with van der Waals surface area (Å²) in [6, 6.07) is 0. The van der Waals surface area contributed by atoms with E-state index in [-0.39, 0.29) is 11.8 Å². The van der Waals surface area contributed by atoms with E-state index in [1.807, 2.05) is 0 Å². The van der Waals surface area contributed by atoms with E-state index in [2.05, 4.69) is 15.2 Å². The van der Waals surface area contributed by atoms with Gasteiger partial charge in [-0.25, -0.2) is 0 Å². The van der Waals surface area contributed by atoms with Crippen molar-refractivity contribution in [2.45, 2.75) is 25.2 Å². The molecule has 0 aromatic carbocycles. The summed E-state index contributed by atoms with van der Waals surface area (Å²) in [4.78, 5) is 17.7. The maximum atomic E-state index is 11.7. The maximum Gasteiger partial charge on any atom is 0.251 e. The van der Waals surface area contributed by atoms with Gasteiger partial charge < -0.3 is 5.73 Å². The molecular weight excluding hydrogens is 206 g/mol. The SMILES string of the molecule is NCC1CC(=O)N(c2n[nH]c(C3CC3)n2)C1. The minimum Gasteiger partial charge on any atom is -0.330 e. The molecule has 2 fully saturated rings. The maximum absolute atomic E-state index is 11.7. The van der Waals surface area contributed by atoms with E-state index in [0.29, 0.717) is 31.4 Å². The van der Waals surface area contributed by atoms with Gasteiger partial charge in [0.2, 0.25) is 5.91 Å². The number of rotatable bonds is 3. The highest BCUT2D eigenvalue weighted by Gasteiger charge is 2.33. The fourth-order valence-corrected chi connectivity index (χ4v) is 2.06. The Morgan fingerprint density at radius 2 is 2.31 bits per heavy atom. The summed E-state index contributed by atoms with van der Waals surface area (Å²) in [5.74, 6) is 2.29. The molecule has 1 aliphatic carbocycles. The number of nitrogens with zero attached hydrogens (tertiary/aromatic N) is 3. The first-order valence-corrected chi connectivity index (χ1v) is 5.70. The molecule has 1 amide bonds. The van der Waals surface area contributed by atoms with E-state index in [0.717, 1.165) is 5.82 Å². The van der Waals surface area contributed by atoms with E-state index in [9.17, 15) is 4.79 Å². The smallest absolute Gasteiger partial charge is 0.251 e. The Bertz CT molecular complexity index is 411. The molecule has 1 unspecified atom stereocenters. The summed E-state index contributed by atoms with van der Waals surface area (Å²) in [5, 5.41) is 7.02. The van der Waals surface area contributed by atoms with Gasteiger partial charge in [-0.3, -0.25) is 14.8 Å². The van der Waals surface area contributed by atoms with Gasteiger partial charge in [-0.05, 0) is 25.3 Å². The normalized spacial score (nSPS) is 25.4. The molecule has 3 N–H and O–H groups in total. The average Bonchev–Trinajstić information content (AvgIpc) is 2.89. The highest BCUT2D eigenvalue weighted by molar-refractivity contribution is 5.94. The minimum atomic E-state index is 0.0804. The number of hydrogen-bond donors (Lipinski definition) is 2. The molecule has 2 heterocycles. The first-order valence-electron chi connectivity index (χ1n) is 5.70. The summed E-state index contributed by atoms with van der Waals surface area (Å²) < 4.78 is 0. The Labute approximate surface area is 93.2 Å². The zero-order chi connectivity index (χ0) is 11.1. The second kappa shape index (κ2) is 3.55. The zero-order valence-corrected chi connectivity index (χ0v) is 9.02. The molecule has 86 valence electrons. The van der Waals surface area contributed by atoms with Gasteiger partial charge in [-0.15, -0.1) is 5.10 Å². The molecule has 0 spiro atoms. The lowest BCUT2D eigenvalue weighted by Gasteiger charge is -2.10. The summed E-state index contributed by atoms with van der Waals surface area (Å²) >= 11 is 0. The fraction of sp³-hybridized carbons (Fsp3) is 0.700. The van der Waals surface area contributed by atoms with Crippen LogP contribution in [0.1, 0.15) is 31.0 Å². The standard InChI is InChI=1S/C10H15N5O/c11-4-6-3-8(16)15(5-6)10-12-9(13-14-10)7-1-2-7/h6-7H,1-5,11H2,(H,12,13,14). The van der Waals surface area contributed by atoms with Crippen LogP contribution in [0.15, 0.2) is 0 Å². The summed E-state index contributed by atoms with van der Waals surface area (Å²) in [5.41, 5.74) is 5.57. The molecule has 0 bridgehead atoms. The van der Waals surface area contributed by atoms with Crippen LogP contribution in [0.2, 0.25) is 0 Å². The van der Waals surface area contributed by atoms with Crippen molar-refractivity contribution in [3.8, 4) is 0 Å². The van der Waals surface area contributed by atoms with Gasteiger partial charge in [0.1, 0.15) is 5.82 Å². The first-order chi connectivity index (χ1) is 7.78. The van der Waals surface area contributed by atoms with E-state index >= 15 is 0 Å². The van der Waals surface area contributed by atoms with Crippen LogP contribution < -0.4 is 10.6 Å². The molecule has 1 aromatic heterocycles. The Balaban J connectivity index is 1.78.